The Hall–Kier alpha value is -8.72. The minimum absolute atomic E-state index is 1.14. The van der Waals surface area contributed by atoms with Crippen LogP contribution in [0.2, 0.25) is 0 Å². The highest BCUT2D eigenvalue weighted by molar-refractivity contribution is 6.37. The van der Waals surface area contributed by atoms with E-state index in [1.807, 2.05) is 0 Å². The molecule has 2 N–H and O–H groups in total. The molecule has 14 aromatic carbocycles. The normalized spacial score (nSPS) is 12.5. The van der Waals surface area contributed by atoms with Crippen LogP contribution in [0.25, 0.3) is 163 Å². The van der Waals surface area contributed by atoms with Crippen molar-refractivity contribution in [3.8, 4) is 33.6 Å². The van der Waals surface area contributed by atoms with E-state index in [1.54, 1.807) is 0 Å². The van der Waals surface area contributed by atoms with Crippen molar-refractivity contribution in [3.05, 3.63) is 206 Å². The quantitative estimate of drug-likeness (QED) is 0.131. The molecule has 0 saturated carbocycles. The number of rotatable bonds is 3. The van der Waals surface area contributed by atoms with Gasteiger partial charge in [0.05, 0.1) is 0 Å². The van der Waals surface area contributed by atoms with Crippen molar-refractivity contribution in [2.75, 3.05) is 0 Å². The summed E-state index contributed by atoms with van der Waals surface area (Å²) in [6, 6.07) is 77.6. The Morgan fingerprint density at radius 1 is 0.212 bits per heavy atom. The molecule has 2 heterocycles. The molecule has 2 aromatic heterocycles. The second-order valence-corrected chi connectivity index (χ2v) is 18.6. The minimum Gasteiger partial charge on any atom is -0.355 e. The van der Waals surface area contributed by atoms with Gasteiger partial charge in [-0.3, -0.25) is 0 Å². The van der Waals surface area contributed by atoms with Crippen molar-refractivity contribution in [2.24, 2.45) is 0 Å². The standard InChI is InChI=1S/C64H36N2/c1-2-9-39-31-55-45(26-38(39)8-1)33-57(65-55)44-29-42-23-24-47(63-52-18-6-13-36-11-4-17-50(60(36)52)54(30-44)62(42)63)41-21-20-40-27-46-34-58(66-56(46)32-43(40)28-41)51-25-22-37-14-5-16-49-48-15-3-10-35-12-7-19-53(59(35)48)64(51)61(37)49/h1-34,65-66H. The second-order valence-electron chi connectivity index (χ2n) is 18.6. The minimum atomic E-state index is 1.14. The summed E-state index contributed by atoms with van der Waals surface area (Å²) in [6.07, 6.45) is 0. The maximum Gasteiger partial charge on any atom is 0.0471 e. The van der Waals surface area contributed by atoms with Crippen molar-refractivity contribution >= 4 is 130 Å². The van der Waals surface area contributed by atoms with Gasteiger partial charge in [-0.15, -0.1) is 0 Å². The highest BCUT2D eigenvalue weighted by Crippen LogP contribution is 2.48. The van der Waals surface area contributed by atoms with Crippen LogP contribution in [-0.2, 0) is 0 Å². The number of H-pyrrole nitrogens is 2. The third-order valence-corrected chi connectivity index (χ3v) is 15.1. The summed E-state index contributed by atoms with van der Waals surface area (Å²) in [7, 11) is 0. The first-order chi connectivity index (χ1) is 32.7. The molecule has 0 aliphatic carbocycles. The molecule has 0 spiro atoms. The zero-order chi connectivity index (χ0) is 42.8. The van der Waals surface area contributed by atoms with E-state index in [0.29, 0.717) is 0 Å². The van der Waals surface area contributed by atoms with Crippen molar-refractivity contribution in [2.45, 2.75) is 0 Å². The van der Waals surface area contributed by atoms with Crippen molar-refractivity contribution in [1.29, 1.82) is 0 Å². The van der Waals surface area contributed by atoms with Crippen LogP contribution in [0, 0.1) is 0 Å². The molecule has 2 heteroatoms. The van der Waals surface area contributed by atoms with Gasteiger partial charge in [0.25, 0.3) is 0 Å². The molecule has 302 valence electrons. The van der Waals surface area contributed by atoms with Crippen LogP contribution in [0.1, 0.15) is 0 Å². The fourth-order valence-electron chi connectivity index (χ4n) is 12.2. The Labute approximate surface area is 377 Å². The summed E-state index contributed by atoms with van der Waals surface area (Å²) in [6.45, 7) is 0. The van der Waals surface area contributed by atoms with Crippen molar-refractivity contribution in [1.82, 2.24) is 9.97 Å². The lowest BCUT2D eigenvalue weighted by molar-refractivity contribution is 1.47. The SMILES string of the molecule is c1ccc2cc3[nH]c(-c4cc5ccc(-c6ccc7cc8cc(-c9ccc%10cccc%11c%12cccc%13cccc(c9c%10%11)c%13%12)[nH]c8cc7c6)c6c7cccc8cccc(c(c4)c56)c87)cc3cc2c1. The zero-order valence-corrected chi connectivity index (χ0v) is 35.6. The molecule has 0 unspecified atom stereocenters. The highest BCUT2D eigenvalue weighted by atomic mass is 14.7. The topological polar surface area (TPSA) is 31.6 Å². The van der Waals surface area contributed by atoms with E-state index < -0.39 is 0 Å². The first-order valence-corrected chi connectivity index (χ1v) is 23.0. The fraction of sp³-hybridized carbons (Fsp3) is 0. The zero-order valence-electron chi connectivity index (χ0n) is 35.6. The molecule has 0 saturated heterocycles. The number of aromatic amines is 2. The molecule has 0 amide bonds. The van der Waals surface area contributed by atoms with E-state index in [1.165, 1.54) is 141 Å². The number of hydrogen-bond donors (Lipinski definition) is 2. The number of benzene rings is 14. The van der Waals surface area contributed by atoms with Crippen molar-refractivity contribution < 1.29 is 0 Å². The molecule has 0 bridgehead atoms. The Morgan fingerprint density at radius 2 is 0.682 bits per heavy atom. The largest absolute Gasteiger partial charge is 0.355 e. The third-order valence-electron chi connectivity index (χ3n) is 15.1. The van der Waals surface area contributed by atoms with Crippen molar-refractivity contribution in [3.63, 3.8) is 0 Å². The molecule has 0 fully saturated rings. The summed E-state index contributed by atoms with van der Waals surface area (Å²) in [5.41, 5.74) is 9.48. The molecule has 0 radical (unpaired) electrons. The second kappa shape index (κ2) is 12.5. The average Bonchev–Trinajstić information content (AvgIpc) is 3.98. The van der Waals surface area contributed by atoms with Gasteiger partial charge in [-0.25, -0.2) is 0 Å². The van der Waals surface area contributed by atoms with E-state index in [2.05, 4.69) is 216 Å². The predicted octanol–water partition coefficient (Wildman–Crippen LogP) is 18.1. The summed E-state index contributed by atoms with van der Waals surface area (Å²) >= 11 is 0. The summed E-state index contributed by atoms with van der Waals surface area (Å²) in [5.74, 6) is 0. The van der Waals surface area contributed by atoms with Gasteiger partial charge >= 0.3 is 0 Å². The van der Waals surface area contributed by atoms with Crippen LogP contribution in [0.15, 0.2) is 206 Å². The summed E-state index contributed by atoms with van der Waals surface area (Å²) in [5, 5.41) is 28.2. The molecule has 16 rings (SSSR count). The first kappa shape index (κ1) is 34.7. The maximum absolute atomic E-state index is 3.92. The average molecular weight is 833 g/mol. The molecular weight excluding hydrogens is 797 g/mol. The van der Waals surface area contributed by atoms with Gasteiger partial charge in [-0.05, 0) is 174 Å². The lowest BCUT2D eigenvalue weighted by atomic mass is 9.85. The van der Waals surface area contributed by atoms with Gasteiger partial charge in [-0.2, -0.15) is 0 Å². The Morgan fingerprint density at radius 3 is 1.39 bits per heavy atom. The van der Waals surface area contributed by atoms with Gasteiger partial charge in [0, 0.05) is 44.1 Å². The highest BCUT2D eigenvalue weighted by Gasteiger charge is 2.21. The molecule has 0 aliphatic rings. The first-order valence-electron chi connectivity index (χ1n) is 23.0. The van der Waals surface area contributed by atoms with Crippen LogP contribution >= 0.6 is 0 Å². The number of aromatic nitrogens is 2. The number of fused-ring (bicyclic) bond motifs is 8. The van der Waals surface area contributed by atoms with E-state index >= 15 is 0 Å². The van der Waals surface area contributed by atoms with Crippen LogP contribution in [-0.4, -0.2) is 9.97 Å². The van der Waals surface area contributed by atoms with Crippen LogP contribution in [0.3, 0.4) is 0 Å². The molecular formula is C64H36N2. The number of nitrogens with one attached hydrogen (secondary N) is 2. The summed E-state index contributed by atoms with van der Waals surface area (Å²) in [4.78, 5) is 7.72. The van der Waals surface area contributed by atoms with Gasteiger partial charge < -0.3 is 9.97 Å². The van der Waals surface area contributed by atoms with Crippen LogP contribution in [0.5, 0.6) is 0 Å². The predicted molar refractivity (Wildman–Crippen MR) is 284 cm³/mol. The van der Waals surface area contributed by atoms with Gasteiger partial charge in [0.2, 0.25) is 0 Å². The van der Waals surface area contributed by atoms with E-state index in [9.17, 15) is 0 Å². The Kier molecular flexibility index (Phi) is 6.58. The van der Waals surface area contributed by atoms with Crippen LogP contribution < -0.4 is 0 Å². The molecule has 2 nitrogen and oxygen atoms in total. The van der Waals surface area contributed by atoms with E-state index in [-0.39, 0.29) is 0 Å². The maximum atomic E-state index is 3.92. The monoisotopic (exact) mass is 832 g/mol. The Balaban J connectivity index is 0.888. The summed E-state index contributed by atoms with van der Waals surface area (Å²) < 4.78 is 0. The van der Waals surface area contributed by atoms with E-state index in [4.69, 9.17) is 0 Å². The molecule has 0 aliphatic heterocycles. The lowest BCUT2D eigenvalue weighted by Crippen LogP contribution is -1.91. The van der Waals surface area contributed by atoms with Gasteiger partial charge in [0.1, 0.15) is 0 Å². The van der Waals surface area contributed by atoms with Gasteiger partial charge in [-0.1, -0.05) is 152 Å². The Bertz CT molecular complexity index is 4690. The number of hydrogen-bond acceptors (Lipinski definition) is 0. The fourth-order valence-corrected chi connectivity index (χ4v) is 12.2. The lowest BCUT2D eigenvalue weighted by Gasteiger charge is -2.18. The molecule has 66 heavy (non-hydrogen) atoms. The van der Waals surface area contributed by atoms with E-state index in [0.717, 1.165) is 22.4 Å². The van der Waals surface area contributed by atoms with Crippen LogP contribution in [0.4, 0.5) is 0 Å². The smallest absolute Gasteiger partial charge is 0.0471 e. The molecule has 0 atom stereocenters. The third kappa shape index (κ3) is 4.64. The molecule has 16 aromatic rings. The van der Waals surface area contributed by atoms with Gasteiger partial charge in [0.15, 0.2) is 0 Å².